The van der Waals surface area contributed by atoms with E-state index in [9.17, 15) is 5.11 Å². The quantitative estimate of drug-likeness (QED) is 0.911. The number of fused-ring (bicyclic) bond motifs is 1. The number of benzene rings is 1. The van der Waals surface area contributed by atoms with Crippen molar-refractivity contribution < 1.29 is 5.11 Å². The van der Waals surface area contributed by atoms with E-state index in [4.69, 9.17) is 0 Å². The Morgan fingerprint density at radius 3 is 3.05 bits per heavy atom. The largest absolute Gasteiger partial charge is 0.388 e. The van der Waals surface area contributed by atoms with E-state index in [1.807, 2.05) is 22.9 Å². The smallest absolute Gasteiger partial charge is 0.146 e. The number of anilines is 1. The summed E-state index contributed by atoms with van der Waals surface area (Å²) in [5.74, 6) is 0.966. The molecule has 0 saturated carbocycles. The molecule has 2 heterocycles. The van der Waals surface area contributed by atoms with Crippen molar-refractivity contribution in [2.45, 2.75) is 32.5 Å². The monoisotopic (exact) mass is 258 g/mol. The molecule has 0 amide bonds. The summed E-state index contributed by atoms with van der Waals surface area (Å²) < 4.78 is 1.91. The van der Waals surface area contributed by atoms with E-state index in [0.29, 0.717) is 0 Å². The van der Waals surface area contributed by atoms with Gasteiger partial charge in [-0.05, 0) is 19.4 Å². The Morgan fingerprint density at radius 1 is 1.37 bits per heavy atom. The second-order valence-corrected chi connectivity index (χ2v) is 4.78. The van der Waals surface area contributed by atoms with Gasteiger partial charge in [-0.2, -0.15) is 5.10 Å². The molecule has 0 radical (unpaired) electrons. The normalized spacial score (nSPS) is 18.4. The van der Waals surface area contributed by atoms with Crippen molar-refractivity contribution >= 4 is 5.69 Å². The van der Waals surface area contributed by atoms with Gasteiger partial charge in [-0.15, -0.1) is 0 Å². The summed E-state index contributed by atoms with van der Waals surface area (Å²) in [7, 11) is 0. The molecule has 0 spiro atoms. The van der Waals surface area contributed by atoms with E-state index in [2.05, 4.69) is 28.0 Å². The summed E-state index contributed by atoms with van der Waals surface area (Å²) in [5.41, 5.74) is 2.11. The highest BCUT2D eigenvalue weighted by atomic mass is 16.3. The Bertz CT molecular complexity index is 566. The first kappa shape index (κ1) is 12.2. The lowest BCUT2D eigenvalue weighted by Crippen LogP contribution is -2.31. The van der Waals surface area contributed by atoms with Crippen LogP contribution in [0.1, 0.15) is 30.8 Å². The van der Waals surface area contributed by atoms with Crippen molar-refractivity contribution in [3.8, 4) is 0 Å². The highest BCUT2D eigenvalue weighted by molar-refractivity contribution is 5.56. The highest BCUT2D eigenvalue weighted by Crippen LogP contribution is 2.33. The minimum Gasteiger partial charge on any atom is -0.388 e. The maximum absolute atomic E-state index is 10.0. The minimum atomic E-state index is -0.350. The number of para-hydroxylation sites is 1. The van der Waals surface area contributed by atoms with Crippen molar-refractivity contribution in [3.05, 3.63) is 42.0 Å². The number of nitrogens with zero attached hydrogens (tertiary/aromatic N) is 4. The fourth-order valence-electron chi connectivity index (χ4n) is 2.62. The molecule has 1 aromatic carbocycles. The molecule has 3 rings (SSSR count). The van der Waals surface area contributed by atoms with Crippen LogP contribution in [0, 0.1) is 0 Å². The fraction of sp³-hybridized carbons (Fsp3) is 0.429. The molecular formula is C14H18N4O. The Labute approximate surface area is 112 Å². The van der Waals surface area contributed by atoms with E-state index in [-0.39, 0.29) is 6.10 Å². The van der Waals surface area contributed by atoms with Gasteiger partial charge in [0, 0.05) is 24.3 Å². The standard InChI is InChI=1S/C14H18N4O/c1-2-18-14(15-10-16-18)9-17-8-7-13(19)11-5-3-4-6-12(11)17/h3-6,10,13,19H,2,7-9H2,1H3. The van der Waals surface area contributed by atoms with Crippen LogP contribution >= 0.6 is 0 Å². The topological polar surface area (TPSA) is 54.2 Å². The molecular weight excluding hydrogens is 240 g/mol. The molecule has 0 aliphatic carbocycles. The number of aliphatic hydroxyl groups is 1. The number of hydrogen-bond acceptors (Lipinski definition) is 4. The van der Waals surface area contributed by atoms with Gasteiger partial charge >= 0.3 is 0 Å². The molecule has 1 aliphatic heterocycles. The van der Waals surface area contributed by atoms with E-state index in [1.165, 1.54) is 0 Å². The van der Waals surface area contributed by atoms with Gasteiger partial charge in [-0.1, -0.05) is 18.2 Å². The molecule has 1 N–H and O–H groups in total. The molecule has 0 bridgehead atoms. The van der Waals surface area contributed by atoms with Crippen LogP contribution < -0.4 is 4.90 Å². The van der Waals surface area contributed by atoms with Gasteiger partial charge in [-0.25, -0.2) is 9.67 Å². The third kappa shape index (κ3) is 2.21. The zero-order valence-electron chi connectivity index (χ0n) is 11.0. The molecule has 2 aromatic rings. The van der Waals surface area contributed by atoms with Gasteiger partial charge in [0.2, 0.25) is 0 Å². The first-order chi connectivity index (χ1) is 9.29. The number of rotatable bonds is 3. The molecule has 1 atom stereocenters. The minimum absolute atomic E-state index is 0.350. The number of aromatic nitrogens is 3. The molecule has 5 heteroatoms. The van der Waals surface area contributed by atoms with Crippen LogP contribution in [0.3, 0.4) is 0 Å². The van der Waals surface area contributed by atoms with Crippen LogP contribution in [0.25, 0.3) is 0 Å². The summed E-state index contributed by atoms with van der Waals surface area (Å²) in [5, 5.41) is 14.2. The summed E-state index contributed by atoms with van der Waals surface area (Å²) in [6.07, 6.45) is 2.01. The first-order valence-corrected chi connectivity index (χ1v) is 6.68. The molecule has 1 unspecified atom stereocenters. The van der Waals surface area contributed by atoms with Crippen LogP contribution in [0.5, 0.6) is 0 Å². The Balaban J connectivity index is 1.89. The highest BCUT2D eigenvalue weighted by Gasteiger charge is 2.23. The number of hydrogen-bond donors (Lipinski definition) is 1. The maximum Gasteiger partial charge on any atom is 0.146 e. The lowest BCUT2D eigenvalue weighted by atomic mass is 9.99. The van der Waals surface area contributed by atoms with Gasteiger partial charge in [0.1, 0.15) is 12.2 Å². The molecule has 0 saturated heterocycles. The van der Waals surface area contributed by atoms with Crippen molar-refractivity contribution in [1.29, 1.82) is 0 Å². The summed E-state index contributed by atoms with van der Waals surface area (Å²) in [6.45, 7) is 4.46. The second kappa shape index (κ2) is 5.01. The fourth-order valence-corrected chi connectivity index (χ4v) is 2.62. The lowest BCUT2D eigenvalue weighted by molar-refractivity contribution is 0.164. The lowest BCUT2D eigenvalue weighted by Gasteiger charge is -2.33. The molecule has 1 aliphatic rings. The molecule has 100 valence electrons. The van der Waals surface area contributed by atoms with E-state index in [0.717, 1.165) is 43.1 Å². The van der Waals surface area contributed by atoms with Gasteiger partial charge < -0.3 is 10.0 Å². The zero-order valence-corrected chi connectivity index (χ0v) is 11.0. The van der Waals surface area contributed by atoms with Crippen LogP contribution in [-0.2, 0) is 13.1 Å². The van der Waals surface area contributed by atoms with Crippen molar-refractivity contribution in [3.63, 3.8) is 0 Å². The molecule has 5 nitrogen and oxygen atoms in total. The van der Waals surface area contributed by atoms with Crippen LogP contribution in [0.15, 0.2) is 30.6 Å². The SMILES string of the molecule is CCn1ncnc1CN1CCC(O)c2ccccc21. The van der Waals surface area contributed by atoms with Crippen LogP contribution in [-0.4, -0.2) is 26.4 Å². The predicted molar refractivity (Wildman–Crippen MR) is 72.8 cm³/mol. The second-order valence-electron chi connectivity index (χ2n) is 4.78. The Kier molecular flexibility index (Phi) is 3.21. The van der Waals surface area contributed by atoms with Crippen molar-refractivity contribution in [1.82, 2.24) is 14.8 Å². The average molecular weight is 258 g/mol. The maximum atomic E-state index is 10.0. The first-order valence-electron chi connectivity index (χ1n) is 6.68. The van der Waals surface area contributed by atoms with E-state index < -0.39 is 0 Å². The van der Waals surface area contributed by atoms with Crippen LogP contribution in [0.4, 0.5) is 5.69 Å². The van der Waals surface area contributed by atoms with Gasteiger partial charge in [-0.3, -0.25) is 0 Å². The van der Waals surface area contributed by atoms with Gasteiger partial charge in [0.25, 0.3) is 0 Å². The van der Waals surface area contributed by atoms with Crippen molar-refractivity contribution in [2.24, 2.45) is 0 Å². The van der Waals surface area contributed by atoms with E-state index >= 15 is 0 Å². The third-order valence-corrected chi connectivity index (χ3v) is 3.64. The van der Waals surface area contributed by atoms with Gasteiger partial charge in [0.15, 0.2) is 0 Å². The molecule has 1 aromatic heterocycles. The number of aliphatic hydroxyl groups excluding tert-OH is 1. The predicted octanol–water partition coefficient (Wildman–Crippen LogP) is 1.74. The zero-order chi connectivity index (χ0) is 13.2. The van der Waals surface area contributed by atoms with E-state index in [1.54, 1.807) is 6.33 Å². The average Bonchev–Trinajstić information content (AvgIpc) is 2.89. The van der Waals surface area contributed by atoms with Gasteiger partial charge in [0.05, 0.1) is 12.6 Å². The Morgan fingerprint density at radius 2 is 2.21 bits per heavy atom. The summed E-state index contributed by atoms with van der Waals surface area (Å²) in [6, 6.07) is 8.04. The molecule has 0 fully saturated rings. The Hall–Kier alpha value is -1.88. The van der Waals surface area contributed by atoms with Crippen molar-refractivity contribution in [2.75, 3.05) is 11.4 Å². The summed E-state index contributed by atoms with van der Waals surface area (Å²) in [4.78, 5) is 6.58. The summed E-state index contributed by atoms with van der Waals surface area (Å²) >= 11 is 0. The third-order valence-electron chi connectivity index (χ3n) is 3.64. The van der Waals surface area contributed by atoms with Crippen LogP contribution in [0.2, 0.25) is 0 Å². The molecule has 19 heavy (non-hydrogen) atoms. The number of aryl methyl sites for hydroxylation is 1.